The van der Waals surface area contributed by atoms with Crippen LogP contribution in [0.3, 0.4) is 0 Å². The summed E-state index contributed by atoms with van der Waals surface area (Å²) in [6.45, 7) is 6.10. The largest absolute Gasteiger partial charge is 0.336 e. The molecule has 0 aromatic carbocycles. The first-order valence-electron chi connectivity index (χ1n) is 4.38. The van der Waals surface area contributed by atoms with Gasteiger partial charge < -0.3 is 4.90 Å². The van der Waals surface area contributed by atoms with Gasteiger partial charge in [-0.3, -0.25) is 4.79 Å². The van der Waals surface area contributed by atoms with Crippen molar-refractivity contribution in [3.05, 3.63) is 35.4 Å². The standard InChI is InChI=1S/C10H12ClN3O/c1-7(2)6-14(3)10(15)8-4-13-9(11)5-12-8/h4-5H,1,6H2,2-3H3. The highest BCUT2D eigenvalue weighted by atomic mass is 35.5. The Bertz CT molecular complexity index is 375. The Balaban J connectivity index is 2.76. The molecule has 0 fully saturated rings. The van der Waals surface area contributed by atoms with E-state index in [9.17, 15) is 4.79 Å². The van der Waals surface area contributed by atoms with Crippen LogP contribution in [0.4, 0.5) is 0 Å². The molecule has 1 rings (SSSR count). The molecule has 0 unspecified atom stereocenters. The maximum absolute atomic E-state index is 11.7. The molecule has 1 amide bonds. The van der Waals surface area contributed by atoms with E-state index in [2.05, 4.69) is 16.5 Å². The zero-order valence-electron chi connectivity index (χ0n) is 8.70. The van der Waals surface area contributed by atoms with Crippen molar-refractivity contribution < 1.29 is 4.79 Å². The number of carbonyl (C=O) groups excluding carboxylic acids is 1. The molecule has 5 heteroatoms. The molecule has 1 aromatic heterocycles. The van der Waals surface area contributed by atoms with Gasteiger partial charge in [-0.25, -0.2) is 9.97 Å². The van der Waals surface area contributed by atoms with Gasteiger partial charge in [0, 0.05) is 13.6 Å². The Labute approximate surface area is 93.6 Å². The lowest BCUT2D eigenvalue weighted by Gasteiger charge is -2.16. The maximum Gasteiger partial charge on any atom is 0.274 e. The molecule has 0 spiro atoms. The van der Waals surface area contributed by atoms with E-state index in [1.807, 2.05) is 6.92 Å². The number of carbonyl (C=O) groups is 1. The third-order valence-corrected chi connectivity index (χ3v) is 1.89. The Morgan fingerprint density at radius 1 is 1.53 bits per heavy atom. The van der Waals surface area contributed by atoms with Crippen molar-refractivity contribution in [3.8, 4) is 0 Å². The fourth-order valence-corrected chi connectivity index (χ4v) is 1.19. The lowest BCUT2D eigenvalue weighted by molar-refractivity contribution is 0.0801. The second kappa shape index (κ2) is 4.89. The molecule has 0 aliphatic carbocycles. The lowest BCUT2D eigenvalue weighted by atomic mass is 10.3. The van der Waals surface area contributed by atoms with Crippen molar-refractivity contribution in [1.29, 1.82) is 0 Å². The number of hydrogen-bond donors (Lipinski definition) is 0. The first-order chi connectivity index (χ1) is 7.00. The van der Waals surface area contributed by atoms with E-state index in [4.69, 9.17) is 11.6 Å². The molecule has 1 heterocycles. The number of nitrogens with zero attached hydrogens (tertiary/aromatic N) is 3. The summed E-state index contributed by atoms with van der Waals surface area (Å²) in [5.41, 5.74) is 1.19. The molecule has 0 saturated carbocycles. The van der Waals surface area contributed by atoms with Crippen LogP contribution in [0.15, 0.2) is 24.5 Å². The number of aromatic nitrogens is 2. The van der Waals surface area contributed by atoms with Gasteiger partial charge in [0.05, 0.1) is 12.4 Å². The summed E-state index contributed by atoms with van der Waals surface area (Å²) >= 11 is 5.57. The van der Waals surface area contributed by atoms with E-state index in [0.717, 1.165) is 5.57 Å². The van der Waals surface area contributed by atoms with Gasteiger partial charge in [0.15, 0.2) is 0 Å². The van der Waals surface area contributed by atoms with Crippen molar-refractivity contribution in [2.24, 2.45) is 0 Å². The molecule has 0 saturated heterocycles. The fraction of sp³-hybridized carbons (Fsp3) is 0.300. The van der Waals surface area contributed by atoms with Crippen LogP contribution in [0.2, 0.25) is 5.15 Å². The molecule has 15 heavy (non-hydrogen) atoms. The minimum absolute atomic E-state index is 0.192. The third kappa shape index (κ3) is 3.32. The highest BCUT2D eigenvalue weighted by molar-refractivity contribution is 6.29. The predicted octanol–water partition coefficient (Wildman–Crippen LogP) is 1.78. The molecule has 80 valence electrons. The Morgan fingerprint density at radius 2 is 2.20 bits per heavy atom. The summed E-state index contributed by atoms with van der Waals surface area (Å²) in [5, 5.41) is 0.272. The Kier molecular flexibility index (Phi) is 3.80. The number of likely N-dealkylation sites (N-methyl/N-ethyl adjacent to an activating group) is 1. The van der Waals surface area contributed by atoms with Crippen molar-refractivity contribution in [1.82, 2.24) is 14.9 Å². The highest BCUT2D eigenvalue weighted by Gasteiger charge is 2.12. The fourth-order valence-electron chi connectivity index (χ4n) is 1.09. The molecular formula is C10H12ClN3O. The van der Waals surface area contributed by atoms with Crippen LogP contribution in [0.1, 0.15) is 17.4 Å². The van der Waals surface area contributed by atoms with E-state index >= 15 is 0 Å². The van der Waals surface area contributed by atoms with E-state index in [0.29, 0.717) is 6.54 Å². The predicted molar refractivity (Wildman–Crippen MR) is 58.8 cm³/mol. The monoisotopic (exact) mass is 225 g/mol. The van der Waals surface area contributed by atoms with E-state index in [1.54, 1.807) is 7.05 Å². The molecule has 0 bridgehead atoms. The summed E-state index contributed by atoms with van der Waals surface area (Å²) in [6.07, 6.45) is 2.71. The number of rotatable bonds is 3. The topological polar surface area (TPSA) is 46.1 Å². The number of amides is 1. The zero-order valence-corrected chi connectivity index (χ0v) is 9.45. The second-order valence-corrected chi connectivity index (χ2v) is 3.73. The highest BCUT2D eigenvalue weighted by Crippen LogP contribution is 2.04. The van der Waals surface area contributed by atoms with E-state index in [-0.39, 0.29) is 16.8 Å². The molecule has 0 aliphatic rings. The first kappa shape index (κ1) is 11.7. The summed E-state index contributed by atoms with van der Waals surface area (Å²) < 4.78 is 0. The van der Waals surface area contributed by atoms with Gasteiger partial charge in [-0.1, -0.05) is 23.8 Å². The maximum atomic E-state index is 11.7. The van der Waals surface area contributed by atoms with Crippen LogP contribution in [0.25, 0.3) is 0 Å². The minimum Gasteiger partial charge on any atom is -0.336 e. The Morgan fingerprint density at radius 3 is 2.67 bits per heavy atom. The van der Waals surface area contributed by atoms with Gasteiger partial charge in [-0.2, -0.15) is 0 Å². The van der Waals surface area contributed by atoms with Gasteiger partial charge in [0.2, 0.25) is 0 Å². The normalized spacial score (nSPS) is 9.80. The molecule has 0 atom stereocenters. The van der Waals surface area contributed by atoms with Crippen molar-refractivity contribution in [2.75, 3.05) is 13.6 Å². The van der Waals surface area contributed by atoms with Crippen molar-refractivity contribution in [3.63, 3.8) is 0 Å². The Hall–Kier alpha value is -1.42. The van der Waals surface area contributed by atoms with Gasteiger partial charge >= 0.3 is 0 Å². The lowest BCUT2D eigenvalue weighted by Crippen LogP contribution is -2.28. The summed E-state index contributed by atoms with van der Waals surface area (Å²) in [7, 11) is 1.69. The van der Waals surface area contributed by atoms with Gasteiger partial charge in [-0.05, 0) is 6.92 Å². The van der Waals surface area contributed by atoms with Crippen LogP contribution in [-0.4, -0.2) is 34.4 Å². The van der Waals surface area contributed by atoms with E-state index in [1.165, 1.54) is 17.3 Å². The van der Waals surface area contributed by atoms with Crippen molar-refractivity contribution >= 4 is 17.5 Å². The van der Waals surface area contributed by atoms with Crippen molar-refractivity contribution in [2.45, 2.75) is 6.92 Å². The minimum atomic E-state index is -0.192. The summed E-state index contributed by atoms with van der Waals surface area (Å²) in [6, 6.07) is 0. The molecule has 1 aromatic rings. The van der Waals surface area contributed by atoms with Crippen LogP contribution in [0, 0.1) is 0 Å². The third-order valence-electron chi connectivity index (χ3n) is 1.69. The van der Waals surface area contributed by atoms with E-state index < -0.39 is 0 Å². The SMILES string of the molecule is C=C(C)CN(C)C(=O)c1cnc(Cl)cn1. The molecule has 4 nitrogen and oxygen atoms in total. The second-order valence-electron chi connectivity index (χ2n) is 3.34. The molecule has 0 aliphatic heterocycles. The van der Waals surface area contributed by atoms with Gasteiger partial charge in [-0.15, -0.1) is 0 Å². The summed E-state index contributed by atoms with van der Waals surface area (Å²) in [4.78, 5) is 20.9. The van der Waals surface area contributed by atoms with Gasteiger partial charge in [0.1, 0.15) is 10.8 Å². The molecule has 0 radical (unpaired) electrons. The van der Waals surface area contributed by atoms with Crippen LogP contribution in [0.5, 0.6) is 0 Å². The smallest absolute Gasteiger partial charge is 0.274 e. The zero-order chi connectivity index (χ0) is 11.4. The molecular weight excluding hydrogens is 214 g/mol. The van der Waals surface area contributed by atoms with Gasteiger partial charge in [0.25, 0.3) is 5.91 Å². The average molecular weight is 226 g/mol. The number of hydrogen-bond acceptors (Lipinski definition) is 3. The average Bonchev–Trinajstić information content (AvgIpc) is 2.17. The number of halogens is 1. The summed E-state index contributed by atoms with van der Waals surface area (Å²) in [5.74, 6) is -0.192. The first-order valence-corrected chi connectivity index (χ1v) is 4.76. The quantitative estimate of drug-likeness (QED) is 0.737. The van der Waals surface area contributed by atoms with Crippen LogP contribution in [-0.2, 0) is 0 Å². The van der Waals surface area contributed by atoms with Crippen LogP contribution >= 0.6 is 11.6 Å². The van der Waals surface area contributed by atoms with Crippen LogP contribution < -0.4 is 0 Å². The molecule has 0 N–H and O–H groups in total.